The van der Waals surface area contributed by atoms with Crippen LogP contribution in [0, 0.1) is 5.82 Å². The van der Waals surface area contributed by atoms with Crippen molar-refractivity contribution >= 4 is 16.5 Å². The fourth-order valence-corrected chi connectivity index (χ4v) is 4.04. The van der Waals surface area contributed by atoms with Crippen LogP contribution in [0.2, 0.25) is 0 Å². The maximum atomic E-state index is 15.4. The minimum Gasteiger partial charge on any atom is -0.508 e. The summed E-state index contributed by atoms with van der Waals surface area (Å²) in [5.41, 5.74) is 5.17. The summed E-state index contributed by atoms with van der Waals surface area (Å²) in [6.45, 7) is 3.76. The number of imidazole rings is 1. The molecule has 6 nitrogen and oxygen atoms in total. The number of nitrogens with one attached hydrogen (secondary N) is 3. The maximum absolute atomic E-state index is 15.4. The zero-order chi connectivity index (χ0) is 20.7. The monoisotopic (exact) mass is 403 g/mol. The molecular weight excluding hydrogens is 381 g/mol. The number of aromatic hydroxyl groups is 1. The van der Waals surface area contributed by atoms with Crippen molar-refractivity contribution in [3.8, 4) is 28.4 Å². The van der Waals surface area contributed by atoms with Gasteiger partial charge in [0.25, 0.3) is 0 Å². The Morgan fingerprint density at radius 1 is 1.17 bits per heavy atom. The Bertz CT molecular complexity index is 1270. The average molecular weight is 403 g/mol. The first-order chi connectivity index (χ1) is 14.7. The molecule has 0 saturated carbocycles. The molecule has 0 aliphatic carbocycles. The molecule has 0 atom stereocenters. The quantitative estimate of drug-likeness (QED) is 0.406. The lowest BCUT2D eigenvalue weighted by atomic mass is 9.96. The van der Waals surface area contributed by atoms with E-state index in [-0.39, 0.29) is 11.6 Å². The van der Waals surface area contributed by atoms with Crippen LogP contribution in [-0.2, 0) is 6.42 Å². The first kappa shape index (κ1) is 18.6. The SMILES string of the molecule is CCc1cc(O)ccc1-c1ccc2c(-c3nc(C4=CCNCC4)c[nH]3)n[nH]c2c1F. The summed E-state index contributed by atoms with van der Waals surface area (Å²) in [5, 5.41) is 20.9. The third-order valence-corrected chi connectivity index (χ3v) is 5.63. The van der Waals surface area contributed by atoms with Crippen LogP contribution in [0.1, 0.15) is 24.6 Å². The van der Waals surface area contributed by atoms with Gasteiger partial charge in [-0.15, -0.1) is 0 Å². The number of phenolic OH excluding ortho intramolecular Hbond substituents is 1. The largest absolute Gasteiger partial charge is 0.508 e. The highest BCUT2D eigenvalue weighted by molar-refractivity contribution is 5.94. The molecule has 0 radical (unpaired) electrons. The second kappa shape index (κ2) is 7.42. The fourth-order valence-electron chi connectivity index (χ4n) is 4.04. The minimum absolute atomic E-state index is 0.179. The van der Waals surface area contributed by atoms with E-state index in [4.69, 9.17) is 0 Å². The molecule has 0 bridgehead atoms. The van der Waals surface area contributed by atoms with E-state index in [9.17, 15) is 5.11 Å². The molecule has 4 aromatic rings. The number of hydrogen-bond donors (Lipinski definition) is 4. The second-order valence-electron chi connectivity index (χ2n) is 7.43. The normalized spacial score (nSPS) is 14.3. The first-order valence-electron chi connectivity index (χ1n) is 10.1. The van der Waals surface area contributed by atoms with Gasteiger partial charge < -0.3 is 15.4 Å². The Balaban J connectivity index is 1.57. The number of aromatic nitrogens is 4. The van der Waals surface area contributed by atoms with E-state index >= 15 is 4.39 Å². The molecule has 2 aromatic heterocycles. The van der Waals surface area contributed by atoms with Crippen LogP contribution in [0.15, 0.2) is 42.6 Å². The highest BCUT2D eigenvalue weighted by Crippen LogP contribution is 2.35. The third-order valence-electron chi connectivity index (χ3n) is 5.63. The summed E-state index contributed by atoms with van der Waals surface area (Å²) in [7, 11) is 0. The maximum Gasteiger partial charge on any atom is 0.159 e. The number of halogens is 1. The lowest BCUT2D eigenvalue weighted by Crippen LogP contribution is -2.20. The van der Waals surface area contributed by atoms with Crippen molar-refractivity contribution in [2.75, 3.05) is 13.1 Å². The van der Waals surface area contributed by atoms with Gasteiger partial charge in [0.05, 0.1) is 5.69 Å². The zero-order valence-electron chi connectivity index (χ0n) is 16.6. The van der Waals surface area contributed by atoms with E-state index in [2.05, 4.69) is 31.6 Å². The molecule has 7 heteroatoms. The van der Waals surface area contributed by atoms with Crippen molar-refractivity contribution in [3.63, 3.8) is 0 Å². The number of benzene rings is 2. The molecule has 0 amide bonds. The average Bonchev–Trinajstić information content (AvgIpc) is 3.42. The van der Waals surface area contributed by atoms with Gasteiger partial charge >= 0.3 is 0 Å². The minimum atomic E-state index is -0.362. The Morgan fingerprint density at radius 3 is 2.83 bits per heavy atom. The molecule has 152 valence electrons. The van der Waals surface area contributed by atoms with Gasteiger partial charge in [-0.2, -0.15) is 5.10 Å². The third kappa shape index (κ3) is 3.07. The fraction of sp³-hybridized carbons (Fsp3) is 0.217. The van der Waals surface area contributed by atoms with Crippen molar-refractivity contribution < 1.29 is 9.50 Å². The van der Waals surface area contributed by atoms with Crippen molar-refractivity contribution in [1.29, 1.82) is 0 Å². The summed E-state index contributed by atoms with van der Waals surface area (Å²) in [6, 6.07) is 8.64. The lowest BCUT2D eigenvalue weighted by Gasteiger charge is -2.11. The van der Waals surface area contributed by atoms with Crippen LogP contribution in [0.25, 0.3) is 39.1 Å². The van der Waals surface area contributed by atoms with Gasteiger partial charge in [0, 0.05) is 23.7 Å². The Kier molecular flexibility index (Phi) is 4.59. The molecule has 0 saturated heterocycles. The summed E-state index contributed by atoms with van der Waals surface area (Å²) in [4.78, 5) is 7.87. The summed E-state index contributed by atoms with van der Waals surface area (Å²) < 4.78 is 15.4. The highest BCUT2D eigenvalue weighted by atomic mass is 19.1. The van der Waals surface area contributed by atoms with Gasteiger partial charge in [0.15, 0.2) is 11.6 Å². The van der Waals surface area contributed by atoms with Crippen molar-refractivity contribution in [3.05, 3.63) is 59.7 Å². The van der Waals surface area contributed by atoms with Crippen LogP contribution in [0.5, 0.6) is 5.75 Å². The van der Waals surface area contributed by atoms with E-state index in [1.165, 1.54) is 5.57 Å². The molecule has 3 heterocycles. The van der Waals surface area contributed by atoms with Crippen molar-refractivity contribution in [2.45, 2.75) is 19.8 Å². The molecule has 5 rings (SSSR count). The van der Waals surface area contributed by atoms with Gasteiger partial charge in [-0.05, 0) is 54.3 Å². The lowest BCUT2D eigenvalue weighted by molar-refractivity contribution is 0.474. The van der Waals surface area contributed by atoms with Gasteiger partial charge in [-0.3, -0.25) is 5.10 Å². The molecule has 0 unspecified atom stereocenters. The number of hydrogen-bond acceptors (Lipinski definition) is 4. The van der Waals surface area contributed by atoms with Crippen LogP contribution < -0.4 is 5.32 Å². The number of aryl methyl sites for hydroxylation is 1. The van der Waals surface area contributed by atoms with Crippen LogP contribution in [0.3, 0.4) is 0 Å². The number of fused-ring (bicyclic) bond motifs is 1. The van der Waals surface area contributed by atoms with E-state index in [0.29, 0.717) is 34.4 Å². The zero-order valence-corrected chi connectivity index (χ0v) is 16.6. The van der Waals surface area contributed by atoms with Gasteiger partial charge in [0.1, 0.15) is 17.0 Å². The van der Waals surface area contributed by atoms with E-state index in [0.717, 1.165) is 36.3 Å². The predicted molar refractivity (Wildman–Crippen MR) is 116 cm³/mol. The number of rotatable bonds is 4. The Labute approximate surface area is 172 Å². The number of H-pyrrole nitrogens is 2. The highest BCUT2D eigenvalue weighted by Gasteiger charge is 2.19. The Hall–Kier alpha value is -3.45. The summed E-state index contributed by atoms with van der Waals surface area (Å²) in [6.07, 6.45) is 5.63. The van der Waals surface area contributed by atoms with Crippen LogP contribution in [0.4, 0.5) is 4.39 Å². The molecule has 0 spiro atoms. The molecule has 1 aliphatic heterocycles. The van der Waals surface area contributed by atoms with E-state index < -0.39 is 0 Å². The Morgan fingerprint density at radius 2 is 2.03 bits per heavy atom. The molecule has 0 fully saturated rings. The number of phenols is 1. The van der Waals surface area contributed by atoms with Crippen molar-refractivity contribution in [1.82, 2.24) is 25.5 Å². The van der Waals surface area contributed by atoms with Gasteiger partial charge in [0.2, 0.25) is 0 Å². The van der Waals surface area contributed by atoms with Gasteiger partial charge in [-0.1, -0.05) is 25.1 Å². The van der Waals surface area contributed by atoms with Crippen LogP contribution in [-0.4, -0.2) is 38.4 Å². The number of nitrogens with zero attached hydrogens (tertiary/aromatic N) is 2. The van der Waals surface area contributed by atoms with Gasteiger partial charge in [-0.25, -0.2) is 9.37 Å². The summed E-state index contributed by atoms with van der Waals surface area (Å²) >= 11 is 0. The molecule has 2 aromatic carbocycles. The van der Waals surface area contributed by atoms with Crippen molar-refractivity contribution in [2.24, 2.45) is 0 Å². The smallest absolute Gasteiger partial charge is 0.159 e. The molecular formula is C23H22FN5O. The van der Waals surface area contributed by atoms with E-state index in [1.54, 1.807) is 24.3 Å². The topological polar surface area (TPSA) is 89.6 Å². The van der Waals surface area contributed by atoms with E-state index in [1.807, 2.05) is 19.2 Å². The molecule has 1 aliphatic rings. The molecule has 4 N–H and O–H groups in total. The summed E-state index contributed by atoms with van der Waals surface area (Å²) in [5.74, 6) is 0.430. The predicted octanol–water partition coefficient (Wildman–Crippen LogP) is 4.40. The molecule has 30 heavy (non-hydrogen) atoms. The number of aromatic amines is 2. The second-order valence-corrected chi connectivity index (χ2v) is 7.43. The first-order valence-corrected chi connectivity index (χ1v) is 10.1. The van der Waals surface area contributed by atoms with Crippen LogP contribution >= 0.6 is 0 Å². The standard InChI is InChI=1S/C23H22FN5O/c1-2-13-11-15(30)3-4-16(13)17-5-6-18-21(20(17)24)28-29-22(18)23-26-12-19(27-23)14-7-9-25-10-8-14/h3-7,11-12,25,30H,2,8-10H2,1H3,(H,26,27)(H,28,29).